The van der Waals surface area contributed by atoms with Gasteiger partial charge in [0.1, 0.15) is 0 Å². The standard InChI is InChI=1S/C26H47NO6/c1-5-6-7-8-9-10-11-12-13-14-15-16-17-18-19-20-27(21(2)24(28)29,22(3)25(30)31)23(4)26(32)33/h14-15,21-23H,5-13,16-20H2,1-4H3,(H2-,28,29,30,31,32,33)/p+1/b15-14+. The van der Waals surface area contributed by atoms with Gasteiger partial charge in [0, 0.05) is 0 Å². The van der Waals surface area contributed by atoms with Gasteiger partial charge in [-0.2, -0.15) is 0 Å². The fourth-order valence-electron chi connectivity index (χ4n) is 4.66. The van der Waals surface area contributed by atoms with Crippen molar-refractivity contribution in [2.45, 2.75) is 129 Å². The maximum absolute atomic E-state index is 11.7. The van der Waals surface area contributed by atoms with Crippen molar-refractivity contribution in [2.24, 2.45) is 0 Å². The average molecular weight is 471 g/mol. The summed E-state index contributed by atoms with van der Waals surface area (Å²) in [7, 11) is 0. The molecule has 0 aromatic rings. The summed E-state index contributed by atoms with van der Waals surface area (Å²) in [6.07, 6.45) is 19.2. The predicted octanol–water partition coefficient (Wildman–Crippen LogP) is 5.87. The van der Waals surface area contributed by atoms with Crippen molar-refractivity contribution >= 4 is 17.9 Å². The van der Waals surface area contributed by atoms with E-state index in [1.165, 1.54) is 72.1 Å². The zero-order valence-corrected chi connectivity index (χ0v) is 21.3. The number of carboxylic acid groups (broad SMARTS) is 3. The molecular formula is C26H48NO6+. The van der Waals surface area contributed by atoms with Crippen molar-refractivity contribution in [1.29, 1.82) is 0 Å². The van der Waals surface area contributed by atoms with E-state index in [-0.39, 0.29) is 6.54 Å². The molecule has 0 radical (unpaired) electrons. The molecule has 3 unspecified atom stereocenters. The predicted molar refractivity (Wildman–Crippen MR) is 131 cm³/mol. The highest BCUT2D eigenvalue weighted by Crippen LogP contribution is 2.27. The molecule has 0 aliphatic carbocycles. The van der Waals surface area contributed by atoms with E-state index in [1.54, 1.807) is 0 Å². The normalized spacial score (nSPS) is 16.2. The van der Waals surface area contributed by atoms with E-state index < -0.39 is 40.5 Å². The third-order valence-corrected chi connectivity index (χ3v) is 7.04. The van der Waals surface area contributed by atoms with Gasteiger partial charge in [0.25, 0.3) is 0 Å². The van der Waals surface area contributed by atoms with Crippen LogP contribution in [0.4, 0.5) is 0 Å². The molecule has 0 spiro atoms. The van der Waals surface area contributed by atoms with Crippen molar-refractivity contribution in [3.8, 4) is 0 Å². The van der Waals surface area contributed by atoms with Gasteiger partial charge in [-0.3, -0.25) is 4.48 Å². The third-order valence-electron chi connectivity index (χ3n) is 7.04. The number of aliphatic carboxylic acids is 3. The number of quaternary nitrogens is 1. The van der Waals surface area contributed by atoms with Gasteiger partial charge in [0.15, 0.2) is 18.1 Å². The van der Waals surface area contributed by atoms with Crippen molar-refractivity contribution in [3.63, 3.8) is 0 Å². The molecule has 3 N–H and O–H groups in total. The van der Waals surface area contributed by atoms with Crippen LogP contribution in [0.25, 0.3) is 0 Å². The number of allylic oxidation sites excluding steroid dienone is 2. The zero-order valence-electron chi connectivity index (χ0n) is 21.3. The molecule has 0 aromatic carbocycles. The summed E-state index contributed by atoms with van der Waals surface area (Å²) >= 11 is 0. The largest absolute Gasteiger partial charge is 0.477 e. The van der Waals surface area contributed by atoms with E-state index in [2.05, 4.69) is 19.1 Å². The smallest absolute Gasteiger partial charge is 0.362 e. The number of hydrogen-bond acceptors (Lipinski definition) is 3. The maximum atomic E-state index is 11.7. The highest BCUT2D eigenvalue weighted by molar-refractivity contribution is 5.77. The van der Waals surface area contributed by atoms with E-state index in [0.29, 0.717) is 6.42 Å². The van der Waals surface area contributed by atoms with Crippen molar-refractivity contribution < 1.29 is 34.2 Å². The van der Waals surface area contributed by atoms with Gasteiger partial charge in [-0.05, 0) is 59.3 Å². The average Bonchev–Trinajstić information content (AvgIpc) is 2.77. The summed E-state index contributed by atoms with van der Waals surface area (Å²) < 4.78 is -0.492. The van der Waals surface area contributed by atoms with E-state index in [9.17, 15) is 29.7 Å². The lowest BCUT2D eigenvalue weighted by Crippen LogP contribution is -2.70. The minimum absolute atomic E-state index is 0.205. The van der Waals surface area contributed by atoms with Gasteiger partial charge in [0.2, 0.25) is 0 Å². The molecule has 0 saturated heterocycles. The molecule has 0 rings (SSSR count). The van der Waals surface area contributed by atoms with Crippen LogP contribution >= 0.6 is 0 Å². The zero-order chi connectivity index (χ0) is 25.3. The van der Waals surface area contributed by atoms with Gasteiger partial charge >= 0.3 is 17.9 Å². The van der Waals surface area contributed by atoms with Crippen molar-refractivity contribution in [2.75, 3.05) is 6.54 Å². The van der Waals surface area contributed by atoms with Crippen LogP contribution in [0.2, 0.25) is 0 Å². The molecule has 0 saturated carbocycles. The first kappa shape index (κ1) is 31.1. The first-order valence-electron chi connectivity index (χ1n) is 12.8. The van der Waals surface area contributed by atoms with Gasteiger partial charge in [-0.25, -0.2) is 14.4 Å². The van der Waals surface area contributed by atoms with Crippen LogP contribution in [0, 0.1) is 0 Å². The van der Waals surface area contributed by atoms with Crippen molar-refractivity contribution in [3.05, 3.63) is 12.2 Å². The molecule has 0 amide bonds. The van der Waals surface area contributed by atoms with Crippen LogP contribution in [0.5, 0.6) is 0 Å². The van der Waals surface area contributed by atoms with Crippen molar-refractivity contribution in [1.82, 2.24) is 0 Å². The first-order chi connectivity index (χ1) is 15.6. The molecule has 0 aromatic heterocycles. The summed E-state index contributed by atoms with van der Waals surface area (Å²) in [6.45, 7) is 6.67. The Labute approximate surface area is 200 Å². The van der Waals surface area contributed by atoms with E-state index >= 15 is 0 Å². The summed E-state index contributed by atoms with van der Waals surface area (Å²) in [5.74, 6) is -3.54. The quantitative estimate of drug-likeness (QED) is 0.110. The van der Waals surface area contributed by atoms with Gasteiger partial charge in [-0.15, -0.1) is 0 Å². The molecule has 3 atom stereocenters. The topological polar surface area (TPSA) is 112 Å². The Morgan fingerprint density at radius 1 is 0.606 bits per heavy atom. The first-order valence-corrected chi connectivity index (χ1v) is 12.8. The maximum Gasteiger partial charge on any atom is 0.362 e. The Balaban J connectivity index is 4.49. The molecule has 0 aliphatic heterocycles. The molecular weight excluding hydrogens is 422 g/mol. The summed E-state index contributed by atoms with van der Waals surface area (Å²) in [4.78, 5) is 35.2. The van der Waals surface area contributed by atoms with Gasteiger partial charge in [-0.1, -0.05) is 64.0 Å². The van der Waals surface area contributed by atoms with Gasteiger partial charge in [0.05, 0.1) is 6.54 Å². The number of nitrogens with zero attached hydrogens (tertiary/aromatic N) is 1. The second kappa shape index (κ2) is 17.6. The minimum Gasteiger partial charge on any atom is -0.477 e. The Hall–Kier alpha value is -1.89. The highest BCUT2D eigenvalue weighted by Gasteiger charge is 2.52. The number of carboxylic acids is 3. The molecule has 0 fully saturated rings. The minimum atomic E-state index is -1.18. The molecule has 33 heavy (non-hydrogen) atoms. The van der Waals surface area contributed by atoms with Crippen LogP contribution in [0.1, 0.15) is 111 Å². The lowest BCUT2D eigenvalue weighted by atomic mass is 10.00. The number of carbonyl (C=O) groups is 3. The highest BCUT2D eigenvalue weighted by atomic mass is 16.4. The fourth-order valence-corrected chi connectivity index (χ4v) is 4.66. The molecule has 7 nitrogen and oxygen atoms in total. The molecule has 0 aliphatic rings. The van der Waals surface area contributed by atoms with Crippen LogP contribution in [0.3, 0.4) is 0 Å². The monoisotopic (exact) mass is 470 g/mol. The summed E-state index contributed by atoms with van der Waals surface area (Å²) in [5.41, 5.74) is 0. The molecule has 7 heteroatoms. The Kier molecular flexibility index (Phi) is 16.6. The van der Waals surface area contributed by atoms with Crippen LogP contribution in [-0.2, 0) is 14.4 Å². The lowest BCUT2D eigenvalue weighted by molar-refractivity contribution is -0.968. The number of rotatable bonds is 21. The van der Waals surface area contributed by atoms with E-state index in [0.717, 1.165) is 25.7 Å². The van der Waals surface area contributed by atoms with Crippen LogP contribution < -0.4 is 0 Å². The molecule has 192 valence electrons. The molecule has 0 heterocycles. The number of unbranched alkanes of at least 4 members (excludes halogenated alkanes) is 11. The summed E-state index contributed by atoms with van der Waals surface area (Å²) in [5, 5.41) is 28.8. The lowest BCUT2D eigenvalue weighted by Gasteiger charge is -2.47. The van der Waals surface area contributed by atoms with Gasteiger partial charge < -0.3 is 15.3 Å². The second-order valence-corrected chi connectivity index (χ2v) is 9.35. The SMILES string of the molecule is CCCCCCCCCC/C=C/CCCCC[N+](C(C)C(=O)O)(C(C)C(=O)O)C(C)C(=O)O. The van der Waals surface area contributed by atoms with Crippen LogP contribution in [0.15, 0.2) is 12.2 Å². The second-order valence-electron chi connectivity index (χ2n) is 9.35. The van der Waals surface area contributed by atoms with E-state index in [4.69, 9.17) is 0 Å². The third kappa shape index (κ3) is 11.2. The Bertz CT molecular complexity index is 553. The summed E-state index contributed by atoms with van der Waals surface area (Å²) in [6, 6.07) is -3.39. The molecule has 0 bridgehead atoms. The van der Waals surface area contributed by atoms with Crippen LogP contribution in [-0.4, -0.2) is 62.4 Å². The number of hydrogen-bond donors (Lipinski definition) is 3. The Morgan fingerprint density at radius 2 is 0.939 bits per heavy atom. The Morgan fingerprint density at radius 3 is 1.30 bits per heavy atom. The fraction of sp³-hybridized carbons (Fsp3) is 0.808. The van der Waals surface area contributed by atoms with E-state index in [1.807, 2.05) is 0 Å².